The third kappa shape index (κ3) is 4.91. The lowest BCUT2D eigenvalue weighted by Crippen LogP contribution is -2.24. The summed E-state index contributed by atoms with van der Waals surface area (Å²) >= 11 is 0. The summed E-state index contributed by atoms with van der Waals surface area (Å²) in [6.45, 7) is 0.650. The van der Waals surface area contributed by atoms with Crippen molar-refractivity contribution in [2.75, 3.05) is 5.32 Å². The summed E-state index contributed by atoms with van der Waals surface area (Å²) in [6, 6.07) is 19.5. The largest absolute Gasteiger partial charge is 0.380 e. The lowest BCUT2D eigenvalue weighted by Gasteiger charge is -2.13. The van der Waals surface area contributed by atoms with E-state index in [1.165, 1.54) is 30.3 Å². The summed E-state index contributed by atoms with van der Waals surface area (Å²) in [4.78, 5) is 23.2. The van der Waals surface area contributed by atoms with Gasteiger partial charge in [-0.25, -0.2) is 4.39 Å². The van der Waals surface area contributed by atoms with Gasteiger partial charge in [0.05, 0.1) is 10.5 Å². The van der Waals surface area contributed by atoms with Crippen LogP contribution in [0.2, 0.25) is 0 Å². The zero-order chi connectivity index (χ0) is 19.9. The Morgan fingerprint density at radius 2 is 1.61 bits per heavy atom. The lowest BCUT2D eigenvalue weighted by atomic mass is 10.1. The van der Waals surface area contributed by atoms with Crippen molar-refractivity contribution in [2.24, 2.45) is 0 Å². The first-order chi connectivity index (χ1) is 13.5. The average molecular weight is 379 g/mol. The minimum absolute atomic E-state index is 0.169. The van der Waals surface area contributed by atoms with Gasteiger partial charge < -0.3 is 10.6 Å². The zero-order valence-corrected chi connectivity index (χ0v) is 14.9. The molecule has 0 radical (unpaired) electrons. The summed E-state index contributed by atoms with van der Waals surface area (Å²) in [5, 5.41) is 17.0. The van der Waals surface area contributed by atoms with Crippen molar-refractivity contribution in [3.63, 3.8) is 0 Å². The Bertz CT molecular complexity index is 976. The summed E-state index contributed by atoms with van der Waals surface area (Å²) in [6.07, 6.45) is 0. The molecule has 142 valence electrons. The van der Waals surface area contributed by atoms with Crippen molar-refractivity contribution in [3.8, 4) is 0 Å². The maximum Gasteiger partial charge on any atom is 0.270 e. The predicted molar refractivity (Wildman–Crippen MR) is 104 cm³/mol. The first-order valence-corrected chi connectivity index (χ1v) is 8.62. The van der Waals surface area contributed by atoms with Crippen LogP contribution in [0.25, 0.3) is 0 Å². The third-order valence-electron chi connectivity index (χ3n) is 4.15. The smallest absolute Gasteiger partial charge is 0.270 e. The molecule has 7 heteroatoms. The van der Waals surface area contributed by atoms with E-state index >= 15 is 0 Å². The standard InChI is InChI=1S/C21H18FN3O3/c22-17-8-6-16(7-9-17)14-24-21(26)19-12-18(25(27)28)10-11-20(19)23-13-15-4-2-1-3-5-15/h1-12,23H,13-14H2,(H,24,26). The van der Waals surface area contributed by atoms with E-state index in [4.69, 9.17) is 0 Å². The summed E-state index contributed by atoms with van der Waals surface area (Å²) in [7, 11) is 0. The molecule has 0 atom stereocenters. The molecule has 0 aliphatic rings. The molecule has 28 heavy (non-hydrogen) atoms. The van der Waals surface area contributed by atoms with Crippen molar-refractivity contribution in [1.29, 1.82) is 0 Å². The Morgan fingerprint density at radius 1 is 0.929 bits per heavy atom. The Morgan fingerprint density at radius 3 is 2.29 bits per heavy atom. The Balaban J connectivity index is 1.77. The predicted octanol–water partition coefficient (Wildman–Crippen LogP) is 4.28. The highest BCUT2D eigenvalue weighted by atomic mass is 19.1. The van der Waals surface area contributed by atoms with Crippen LogP contribution in [-0.2, 0) is 13.1 Å². The number of nitrogens with one attached hydrogen (secondary N) is 2. The minimum Gasteiger partial charge on any atom is -0.380 e. The van der Waals surface area contributed by atoms with Gasteiger partial charge >= 0.3 is 0 Å². The van der Waals surface area contributed by atoms with E-state index in [1.807, 2.05) is 30.3 Å². The van der Waals surface area contributed by atoms with Gasteiger partial charge in [-0.3, -0.25) is 14.9 Å². The van der Waals surface area contributed by atoms with E-state index in [2.05, 4.69) is 10.6 Å². The molecule has 0 unspecified atom stereocenters. The van der Waals surface area contributed by atoms with Gasteiger partial charge in [-0.05, 0) is 29.3 Å². The number of benzene rings is 3. The zero-order valence-electron chi connectivity index (χ0n) is 14.9. The number of nitro groups is 1. The van der Waals surface area contributed by atoms with Crippen molar-refractivity contribution >= 4 is 17.3 Å². The quantitative estimate of drug-likeness (QED) is 0.474. The molecule has 0 saturated carbocycles. The summed E-state index contributed by atoms with van der Waals surface area (Å²) in [5.74, 6) is -0.815. The summed E-state index contributed by atoms with van der Waals surface area (Å²) in [5.41, 5.74) is 2.23. The number of anilines is 1. The molecular formula is C21H18FN3O3. The molecule has 3 rings (SSSR count). The van der Waals surface area contributed by atoms with Crippen molar-refractivity contribution in [3.05, 3.63) is 105 Å². The fourth-order valence-corrected chi connectivity index (χ4v) is 2.66. The van der Waals surface area contributed by atoms with Crippen molar-refractivity contribution in [1.82, 2.24) is 5.32 Å². The molecule has 3 aromatic rings. The number of carbonyl (C=O) groups is 1. The molecule has 0 aromatic heterocycles. The number of hydrogen-bond donors (Lipinski definition) is 2. The topological polar surface area (TPSA) is 84.3 Å². The minimum atomic E-state index is -0.544. The van der Waals surface area contributed by atoms with Crippen LogP contribution in [0.4, 0.5) is 15.8 Å². The maximum atomic E-state index is 13.0. The van der Waals surface area contributed by atoms with Crippen LogP contribution in [0.5, 0.6) is 0 Å². The third-order valence-corrected chi connectivity index (χ3v) is 4.15. The van der Waals surface area contributed by atoms with Gasteiger partial charge in [-0.1, -0.05) is 42.5 Å². The number of non-ortho nitro benzene ring substituents is 1. The van der Waals surface area contributed by atoms with E-state index in [0.717, 1.165) is 11.1 Å². The first-order valence-electron chi connectivity index (χ1n) is 8.62. The highest BCUT2D eigenvalue weighted by molar-refractivity contribution is 6.00. The number of carbonyl (C=O) groups excluding carboxylic acids is 1. The highest BCUT2D eigenvalue weighted by Crippen LogP contribution is 2.23. The van der Waals surface area contributed by atoms with Crippen LogP contribution in [0.15, 0.2) is 72.8 Å². The van der Waals surface area contributed by atoms with Crippen LogP contribution in [0.1, 0.15) is 21.5 Å². The second-order valence-corrected chi connectivity index (χ2v) is 6.14. The molecule has 2 N–H and O–H groups in total. The van der Waals surface area contributed by atoms with Gasteiger partial charge in [0, 0.05) is 30.9 Å². The monoisotopic (exact) mass is 379 g/mol. The second kappa shape index (κ2) is 8.77. The van der Waals surface area contributed by atoms with Gasteiger partial charge in [-0.15, -0.1) is 0 Å². The molecule has 0 bridgehead atoms. The molecule has 1 amide bonds. The SMILES string of the molecule is O=C(NCc1ccc(F)cc1)c1cc([N+](=O)[O-])ccc1NCc1ccccc1. The van der Waals surface area contributed by atoms with Crippen LogP contribution >= 0.6 is 0 Å². The number of hydrogen-bond acceptors (Lipinski definition) is 4. The fraction of sp³-hybridized carbons (Fsp3) is 0.0952. The van der Waals surface area contributed by atoms with Gasteiger partial charge in [0.15, 0.2) is 0 Å². The molecule has 6 nitrogen and oxygen atoms in total. The van der Waals surface area contributed by atoms with E-state index in [1.54, 1.807) is 12.1 Å². The molecule has 0 fully saturated rings. The van der Waals surface area contributed by atoms with E-state index in [9.17, 15) is 19.3 Å². The number of nitrogens with zero attached hydrogens (tertiary/aromatic N) is 1. The second-order valence-electron chi connectivity index (χ2n) is 6.14. The van der Waals surface area contributed by atoms with Crippen LogP contribution < -0.4 is 10.6 Å². The number of nitro benzene ring substituents is 1. The van der Waals surface area contributed by atoms with E-state index in [0.29, 0.717) is 12.2 Å². The number of rotatable bonds is 7. The van der Waals surface area contributed by atoms with Crippen LogP contribution in [0, 0.1) is 15.9 Å². The van der Waals surface area contributed by atoms with E-state index < -0.39 is 10.8 Å². The molecule has 0 aliphatic heterocycles. The van der Waals surface area contributed by atoms with E-state index in [-0.39, 0.29) is 23.6 Å². The molecule has 0 saturated heterocycles. The number of halogens is 1. The van der Waals surface area contributed by atoms with Gasteiger partial charge in [0.1, 0.15) is 5.82 Å². The lowest BCUT2D eigenvalue weighted by molar-refractivity contribution is -0.384. The summed E-state index contributed by atoms with van der Waals surface area (Å²) < 4.78 is 13.0. The average Bonchev–Trinajstić information content (AvgIpc) is 2.72. The van der Waals surface area contributed by atoms with Crippen molar-refractivity contribution < 1.29 is 14.1 Å². The van der Waals surface area contributed by atoms with Gasteiger partial charge in [-0.2, -0.15) is 0 Å². The Kier molecular flexibility index (Phi) is 5.96. The molecule has 0 heterocycles. The molecular weight excluding hydrogens is 361 g/mol. The first kappa shape index (κ1) is 19.0. The molecule has 0 spiro atoms. The fourth-order valence-electron chi connectivity index (χ4n) is 2.66. The van der Waals surface area contributed by atoms with Crippen LogP contribution in [-0.4, -0.2) is 10.8 Å². The van der Waals surface area contributed by atoms with Gasteiger partial charge in [0.25, 0.3) is 11.6 Å². The normalized spacial score (nSPS) is 10.3. The molecule has 0 aliphatic carbocycles. The Hall–Kier alpha value is -3.74. The maximum absolute atomic E-state index is 13.0. The highest BCUT2D eigenvalue weighted by Gasteiger charge is 2.16. The van der Waals surface area contributed by atoms with Crippen LogP contribution in [0.3, 0.4) is 0 Å². The van der Waals surface area contributed by atoms with Crippen molar-refractivity contribution in [2.45, 2.75) is 13.1 Å². The van der Waals surface area contributed by atoms with Gasteiger partial charge in [0.2, 0.25) is 0 Å². The Labute approximate surface area is 161 Å². The molecule has 3 aromatic carbocycles. The number of amides is 1.